The zero-order valence-electron chi connectivity index (χ0n) is 15.5. The number of H-pyrrole nitrogens is 1. The number of piperidine rings is 1. The molecule has 4 rings (SSSR count). The van der Waals surface area contributed by atoms with Crippen molar-refractivity contribution in [2.75, 3.05) is 13.1 Å². The summed E-state index contributed by atoms with van der Waals surface area (Å²) in [6, 6.07) is 12.0. The Morgan fingerprint density at radius 2 is 1.93 bits per heavy atom. The van der Waals surface area contributed by atoms with Gasteiger partial charge < -0.3 is 4.98 Å². The number of hydrogen-bond donors (Lipinski definition) is 1. The van der Waals surface area contributed by atoms with Crippen molar-refractivity contribution in [3.8, 4) is 0 Å². The van der Waals surface area contributed by atoms with Gasteiger partial charge in [-0.05, 0) is 62.6 Å². The molecular weight excluding hydrogens is 363 g/mol. The van der Waals surface area contributed by atoms with Crippen LogP contribution < -0.4 is 0 Å². The van der Waals surface area contributed by atoms with E-state index in [-0.39, 0.29) is 11.7 Å². The fourth-order valence-corrected chi connectivity index (χ4v) is 5.72. The van der Waals surface area contributed by atoms with Crippen molar-refractivity contribution in [2.24, 2.45) is 0 Å². The summed E-state index contributed by atoms with van der Waals surface area (Å²) in [5.41, 5.74) is 3.67. The van der Waals surface area contributed by atoms with E-state index < -0.39 is 10.0 Å². The van der Waals surface area contributed by atoms with Crippen molar-refractivity contribution in [3.63, 3.8) is 0 Å². The lowest BCUT2D eigenvalue weighted by Crippen LogP contribution is -2.39. The monoisotopic (exact) mass is 386 g/mol. The Kier molecular flexibility index (Phi) is 4.56. The topological polar surface area (TPSA) is 53.2 Å². The van der Waals surface area contributed by atoms with E-state index in [1.807, 2.05) is 32.0 Å². The van der Waals surface area contributed by atoms with E-state index >= 15 is 0 Å². The molecule has 1 atom stereocenters. The Morgan fingerprint density at radius 3 is 2.70 bits per heavy atom. The molecule has 4 nitrogen and oxygen atoms in total. The molecule has 1 saturated heterocycles. The van der Waals surface area contributed by atoms with Crippen LogP contribution in [0.25, 0.3) is 10.9 Å². The van der Waals surface area contributed by atoms with Gasteiger partial charge in [0.15, 0.2) is 0 Å². The van der Waals surface area contributed by atoms with Crippen molar-refractivity contribution in [1.82, 2.24) is 9.29 Å². The summed E-state index contributed by atoms with van der Waals surface area (Å²) in [5.74, 6) is -0.189. The van der Waals surface area contributed by atoms with Crippen LogP contribution in [0.2, 0.25) is 0 Å². The first-order chi connectivity index (χ1) is 12.8. The minimum Gasteiger partial charge on any atom is -0.358 e. The van der Waals surface area contributed by atoms with E-state index in [1.165, 1.54) is 12.1 Å². The summed E-state index contributed by atoms with van der Waals surface area (Å²) < 4.78 is 41.4. The van der Waals surface area contributed by atoms with Gasteiger partial charge in [-0.15, -0.1) is 0 Å². The maximum absolute atomic E-state index is 13.5. The Balaban J connectivity index is 1.63. The summed E-state index contributed by atoms with van der Waals surface area (Å²) in [4.78, 5) is 3.72. The smallest absolute Gasteiger partial charge is 0.243 e. The van der Waals surface area contributed by atoms with E-state index in [0.717, 1.165) is 40.6 Å². The highest BCUT2D eigenvalue weighted by molar-refractivity contribution is 7.89. The summed E-state index contributed by atoms with van der Waals surface area (Å²) in [6.07, 6.45) is 1.72. The van der Waals surface area contributed by atoms with Crippen molar-refractivity contribution in [1.29, 1.82) is 0 Å². The molecule has 1 aliphatic heterocycles. The first-order valence-electron chi connectivity index (χ1n) is 9.20. The molecule has 0 aliphatic carbocycles. The van der Waals surface area contributed by atoms with Crippen LogP contribution in [0.5, 0.6) is 0 Å². The fourth-order valence-electron chi connectivity index (χ4n) is 3.99. The molecular formula is C21H23FN2O2S. The average Bonchev–Trinajstić information content (AvgIpc) is 3.04. The van der Waals surface area contributed by atoms with Crippen LogP contribution in [0.3, 0.4) is 0 Å². The van der Waals surface area contributed by atoms with Gasteiger partial charge in [0.1, 0.15) is 5.82 Å². The predicted molar refractivity (Wildman–Crippen MR) is 105 cm³/mol. The number of rotatable bonds is 3. The van der Waals surface area contributed by atoms with Crippen LogP contribution in [0, 0.1) is 19.7 Å². The van der Waals surface area contributed by atoms with Gasteiger partial charge in [-0.1, -0.05) is 17.7 Å². The van der Waals surface area contributed by atoms with Gasteiger partial charge in [0, 0.05) is 35.6 Å². The summed E-state index contributed by atoms with van der Waals surface area (Å²) in [6.45, 7) is 4.76. The minimum atomic E-state index is -3.53. The quantitative estimate of drug-likeness (QED) is 0.721. The number of nitrogens with one attached hydrogen (secondary N) is 1. The Bertz CT molecular complexity index is 1100. The number of aromatic amines is 1. The predicted octanol–water partition coefficient (Wildman–Crippen LogP) is 4.49. The molecule has 2 heterocycles. The van der Waals surface area contributed by atoms with Crippen LogP contribution in [0.15, 0.2) is 47.4 Å². The molecule has 0 amide bonds. The molecule has 0 saturated carbocycles. The third-order valence-electron chi connectivity index (χ3n) is 5.38. The number of aromatic nitrogens is 1. The minimum absolute atomic E-state index is 0.0785. The van der Waals surface area contributed by atoms with Gasteiger partial charge in [-0.25, -0.2) is 12.8 Å². The normalized spacial score (nSPS) is 18.9. The number of fused-ring (bicyclic) bond motifs is 1. The average molecular weight is 386 g/mol. The lowest BCUT2D eigenvalue weighted by atomic mass is 9.96. The molecule has 3 aromatic rings. The molecule has 142 valence electrons. The Labute approximate surface area is 159 Å². The first kappa shape index (κ1) is 18.2. The van der Waals surface area contributed by atoms with Gasteiger partial charge in [-0.3, -0.25) is 0 Å². The largest absolute Gasteiger partial charge is 0.358 e. The molecule has 27 heavy (non-hydrogen) atoms. The SMILES string of the molecule is Cc1ccc(S(=O)(=O)N2CCCC(c3cc4cc(F)ccc4[nH]3)C2)c(C)c1. The van der Waals surface area contributed by atoms with Gasteiger partial charge in [0.2, 0.25) is 10.0 Å². The van der Waals surface area contributed by atoms with E-state index in [2.05, 4.69) is 4.98 Å². The van der Waals surface area contributed by atoms with E-state index in [1.54, 1.807) is 16.4 Å². The Hall–Kier alpha value is -2.18. The number of benzene rings is 2. The lowest BCUT2D eigenvalue weighted by Gasteiger charge is -2.32. The third kappa shape index (κ3) is 3.39. The Morgan fingerprint density at radius 1 is 1.11 bits per heavy atom. The maximum Gasteiger partial charge on any atom is 0.243 e. The number of hydrogen-bond acceptors (Lipinski definition) is 2. The highest BCUT2D eigenvalue weighted by Gasteiger charge is 2.32. The standard InChI is InChI=1S/C21H23FN2O2S/c1-14-5-8-21(15(2)10-14)27(25,26)24-9-3-4-16(13-24)20-12-17-11-18(22)6-7-19(17)23-20/h5-8,10-12,16,23H,3-4,9,13H2,1-2H3. The van der Waals surface area contributed by atoms with E-state index in [0.29, 0.717) is 18.0 Å². The van der Waals surface area contributed by atoms with Gasteiger partial charge in [-0.2, -0.15) is 4.31 Å². The number of nitrogens with zero attached hydrogens (tertiary/aromatic N) is 1. The molecule has 1 aromatic heterocycles. The summed E-state index contributed by atoms with van der Waals surface area (Å²) in [5, 5.41) is 0.819. The van der Waals surface area contributed by atoms with Crippen LogP contribution in [0.1, 0.15) is 35.6 Å². The molecule has 0 spiro atoms. The highest BCUT2D eigenvalue weighted by Crippen LogP contribution is 2.32. The molecule has 6 heteroatoms. The molecule has 2 aromatic carbocycles. The molecule has 1 fully saturated rings. The number of halogens is 1. The van der Waals surface area contributed by atoms with Crippen LogP contribution in [-0.4, -0.2) is 30.8 Å². The van der Waals surface area contributed by atoms with Crippen LogP contribution in [0.4, 0.5) is 4.39 Å². The first-order valence-corrected chi connectivity index (χ1v) is 10.6. The molecule has 1 unspecified atom stereocenters. The van der Waals surface area contributed by atoms with Crippen molar-refractivity contribution in [3.05, 3.63) is 65.1 Å². The molecule has 0 bridgehead atoms. The highest BCUT2D eigenvalue weighted by atomic mass is 32.2. The zero-order valence-corrected chi connectivity index (χ0v) is 16.3. The summed E-state index contributed by atoms with van der Waals surface area (Å²) >= 11 is 0. The van der Waals surface area contributed by atoms with Crippen molar-refractivity contribution in [2.45, 2.75) is 37.5 Å². The van der Waals surface area contributed by atoms with E-state index in [9.17, 15) is 12.8 Å². The summed E-state index contributed by atoms with van der Waals surface area (Å²) in [7, 11) is -3.53. The fraction of sp³-hybridized carbons (Fsp3) is 0.333. The molecule has 1 aliphatic rings. The van der Waals surface area contributed by atoms with Crippen molar-refractivity contribution >= 4 is 20.9 Å². The zero-order chi connectivity index (χ0) is 19.2. The molecule has 1 N–H and O–H groups in total. The second-order valence-electron chi connectivity index (χ2n) is 7.43. The van der Waals surface area contributed by atoms with Crippen LogP contribution in [-0.2, 0) is 10.0 Å². The van der Waals surface area contributed by atoms with Crippen molar-refractivity contribution < 1.29 is 12.8 Å². The van der Waals surface area contributed by atoms with Gasteiger partial charge in [0.05, 0.1) is 4.90 Å². The lowest BCUT2D eigenvalue weighted by molar-refractivity contribution is 0.313. The second kappa shape index (κ2) is 6.77. The van der Waals surface area contributed by atoms with Gasteiger partial charge >= 0.3 is 0 Å². The number of aryl methyl sites for hydroxylation is 2. The second-order valence-corrected chi connectivity index (χ2v) is 9.33. The third-order valence-corrected chi connectivity index (χ3v) is 7.40. The van der Waals surface area contributed by atoms with E-state index in [4.69, 9.17) is 0 Å². The maximum atomic E-state index is 13.5. The van der Waals surface area contributed by atoms with Gasteiger partial charge in [0.25, 0.3) is 0 Å². The van der Waals surface area contributed by atoms with Crippen LogP contribution >= 0.6 is 0 Å². The number of sulfonamides is 1. The molecule has 0 radical (unpaired) electrons.